The Balaban J connectivity index is 1.99. The van der Waals surface area contributed by atoms with E-state index < -0.39 is 0 Å². The van der Waals surface area contributed by atoms with Gasteiger partial charge in [-0.1, -0.05) is 12.1 Å². The molecule has 1 heterocycles. The summed E-state index contributed by atoms with van der Waals surface area (Å²) in [5.41, 5.74) is 4.19. The van der Waals surface area contributed by atoms with Gasteiger partial charge >= 0.3 is 0 Å². The number of aromatic amines is 1. The van der Waals surface area contributed by atoms with Gasteiger partial charge < -0.3 is 10.3 Å². The van der Waals surface area contributed by atoms with Crippen LogP contribution in [0, 0.1) is 0 Å². The van der Waals surface area contributed by atoms with Crippen LogP contribution < -0.4 is 5.32 Å². The third kappa shape index (κ3) is 1.74. The summed E-state index contributed by atoms with van der Waals surface area (Å²) < 4.78 is 0. The maximum absolute atomic E-state index is 3.55. The van der Waals surface area contributed by atoms with E-state index in [1.54, 1.807) is 0 Å². The van der Waals surface area contributed by atoms with Crippen molar-refractivity contribution in [3.63, 3.8) is 0 Å². The lowest BCUT2D eigenvalue weighted by atomic mass is 10.1. The third-order valence-electron chi connectivity index (χ3n) is 3.44. The topological polar surface area (TPSA) is 27.8 Å². The van der Waals surface area contributed by atoms with Crippen molar-refractivity contribution in [3.05, 3.63) is 35.5 Å². The van der Waals surface area contributed by atoms with Gasteiger partial charge in [-0.3, -0.25) is 0 Å². The minimum Gasteiger partial charge on any atom is -0.358 e. The zero-order valence-electron chi connectivity index (χ0n) is 9.72. The highest BCUT2D eigenvalue weighted by Crippen LogP contribution is 2.40. The Morgan fingerprint density at radius 2 is 2.25 bits per heavy atom. The molecule has 2 N–H and O–H groups in total. The van der Waals surface area contributed by atoms with Crippen LogP contribution in [0.2, 0.25) is 0 Å². The fourth-order valence-electron chi connectivity index (χ4n) is 2.33. The summed E-state index contributed by atoms with van der Waals surface area (Å²) in [7, 11) is 2.01. The van der Waals surface area contributed by atoms with Crippen molar-refractivity contribution in [3.8, 4) is 0 Å². The normalized spacial score (nSPS) is 15.8. The summed E-state index contributed by atoms with van der Waals surface area (Å²) in [5.74, 6) is 0.810. The molecule has 1 aliphatic carbocycles. The Labute approximate surface area is 96.1 Å². The number of fused-ring (bicyclic) bond motifs is 1. The van der Waals surface area contributed by atoms with Gasteiger partial charge in [0, 0.05) is 16.6 Å². The van der Waals surface area contributed by atoms with Gasteiger partial charge in [0.15, 0.2) is 0 Å². The van der Waals surface area contributed by atoms with E-state index in [1.807, 2.05) is 7.05 Å². The molecule has 0 radical (unpaired) electrons. The molecule has 2 heteroatoms. The Bertz CT molecular complexity index is 494. The average Bonchev–Trinajstić information content (AvgIpc) is 3.06. The SMILES string of the molecule is CNCCc1cccc2[nH]c(C3CC3)cc12. The van der Waals surface area contributed by atoms with E-state index >= 15 is 0 Å². The molecule has 0 spiro atoms. The highest BCUT2D eigenvalue weighted by molar-refractivity contribution is 5.84. The first-order chi connectivity index (χ1) is 7.88. The van der Waals surface area contributed by atoms with Crippen LogP contribution in [-0.2, 0) is 6.42 Å². The highest BCUT2D eigenvalue weighted by atomic mass is 14.8. The molecule has 1 aliphatic rings. The van der Waals surface area contributed by atoms with Crippen LogP contribution in [0.4, 0.5) is 0 Å². The minimum absolute atomic E-state index is 0.810. The maximum Gasteiger partial charge on any atom is 0.0458 e. The van der Waals surface area contributed by atoms with Gasteiger partial charge in [-0.15, -0.1) is 0 Å². The summed E-state index contributed by atoms with van der Waals surface area (Å²) in [6.45, 7) is 1.04. The second kappa shape index (κ2) is 3.95. The van der Waals surface area contributed by atoms with E-state index in [4.69, 9.17) is 0 Å². The molecule has 1 aromatic heterocycles. The third-order valence-corrected chi connectivity index (χ3v) is 3.44. The molecule has 1 aromatic carbocycles. The van der Waals surface area contributed by atoms with Crippen LogP contribution in [0.15, 0.2) is 24.3 Å². The van der Waals surface area contributed by atoms with E-state index in [2.05, 4.69) is 34.6 Å². The lowest BCUT2D eigenvalue weighted by Crippen LogP contribution is -2.10. The van der Waals surface area contributed by atoms with Gasteiger partial charge in [-0.25, -0.2) is 0 Å². The molecule has 84 valence electrons. The number of H-pyrrole nitrogens is 1. The predicted molar refractivity (Wildman–Crippen MR) is 67.9 cm³/mol. The van der Waals surface area contributed by atoms with E-state index in [0.717, 1.165) is 18.9 Å². The first-order valence-electron chi connectivity index (χ1n) is 6.13. The van der Waals surface area contributed by atoms with Crippen LogP contribution in [0.5, 0.6) is 0 Å². The molecule has 16 heavy (non-hydrogen) atoms. The second-order valence-electron chi connectivity index (χ2n) is 4.73. The van der Waals surface area contributed by atoms with Crippen molar-refractivity contribution < 1.29 is 0 Å². The molecule has 1 fully saturated rings. The van der Waals surface area contributed by atoms with Gasteiger partial charge in [0.25, 0.3) is 0 Å². The number of likely N-dealkylation sites (N-methyl/N-ethyl adjacent to an activating group) is 1. The predicted octanol–water partition coefficient (Wildman–Crippen LogP) is 2.81. The summed E-state index contributed by atoms with van der Waals surface area (Å²) in [6, 6.07) is 8.94. The van der Waals surface area contributed by atoms with Gasteiger partial charge in [0.1, 0.15) is 0 Å². The molecule has 1 saturated carbocycles. The molecular weight excluding hydrogens is 196 g/mol. The van der Waals surface area contributed by atoms with Crippen molar-refractivity contribution in [2.75, 3.05) is 13.6 Å². The molecule has 0 bridgehead atoms. The zero-order valence-corrected chi connectivity index (χ0v) is 9.72. The Hall–Kier alpha value is -1.28. The molecule has 3 rings (SSSR count). The van der Waals surface area contributed by atoms with Crippen molar-refractivity contribution >= 4 is 10.9 Å². The number of nitrogens with one attached hydrogen (secondary N) is 2. The number of hydrogen-bond acceptors (Lipinski definition) is 1. The number of rotatable bonds is 4. The number of aromatic nitrogens is 1. The van der Waals surface area contributed by atoms with E-state index in [-0.39, 0.29) is 0 Å². The van der Waals surface area contributed by atoms with Crippen LogP contribution in [0.25, 0.3) is 10.9 Å². The summed E-state index contributed by atoms with van der Waals surface area (Å²) in [6.07, 6.45) is 3.83. The van der Waals surface area contributed by atoms with Gasteiger partial charge in [0.2, 0.25) is 0 Å². The number of benzene rings is 1. The summed E-state index contributed by atoms with van der Waals surface area (Å²) >= 11 is 0. The zero-order chi connectivity index (χ0) is 11.0. The molecule has 2 aromatic rings. The summed E-state index contributed by atoms with van der Waals surface area (Å²) in [5, 5.41) is 4.63. The summed E-state index contributed by atoms with van der Waals surface area (Å²) in [4.78, 5) is 3.55. The van der Waals surface area contributed by atoms with Gasteiger partial charge in [-0.2, -0.15) is 0 Å². The van der Waals surface area contributed by atoms with E-state index in [0.29, 0.717) is 0 Å². The van der Waals surface area contributed by atoms with Crippen molar-refractivity contribution in [2.24, 2.45) is 0 Å². The Morgan fingerprint density at radius 1 is 1.38 bits per heavy atom. The molecule has 0 saturated heterocycles. The first kappa shape index (κ1) is 9.91. The standard InChI is InChI=1S/C14H18N2/c1-15-8-7-10-3-2-4-13-12(10)9-14(16-13)11-5-6-11/h2-4,9,11,15-16H,5-8H2,1H3. The van der Waals surface area contributed by atoms with Gasteiger partial charge in [-0.05, 0) is 56.5 Å². The first-order valence-corrected chi connectivity index (χ1v) is 6.13. The van der Waals surface area contributed by atoms with Crippen molar-refractivity contribution in [1.29, 1.82) is 0 Å². The van der Waals surface area contributed by atoms with Crippen molar-refractivity contribution in [2.45, 2.75) is 25.2 Å². The van der Waals surface area contributed by atoms with Crippen LogP contribution in [0.1, 0.15) is 30.0 Å². The van der Waals surface area contributed by atoms with E-state index in [1.165, 1.54) is 35.0 Å². The Kier molecular flexibility index (Phi) is 2.44. The molecular formula is C14H18N2. The van der Waals surface area contributed by atoms with Gasteiger partial charge in [0.05, 0.1) is 0 Å². The molecule has 2 nitrogen and oxygen atoms in total. The average molecular weight is 214 g/mol. The van der Waals surface area contributed by atoms with Crippen LogP contribution in [0.3, 0.4) is 0 Å². The largest absolute Gasteiger partial charge is 0.358 e. The highest BCUT2D eigenvalue weighted by Gasteiger charge is 2.25. The van der Waals surface area contributed by atoms with Crippen LogP contribution in [-0.4, -0.2) is 18.6 Å². The maximum atomic E-state index is 3.55. The van der Waals surface area contributed by atoms with E-state index in [9.17, 15) is 0 Å². The lowest BCUT2D eigenvalue weighted by Gasteiger charge is -2.01. The monoisotopic (exact) mass is 214 g/mol. The second-order valence-corrected chi connectivity index (χ2v) is 4.73. The smallest absolute Gasteiger partial charge is 0.0458 e. The lowest BCUT2D eigenvalue weighted by molar-refractivity contribution is 0.795. The van der Waals surface area contributed by atoms with Crippen LogP contribution >= 0.6 is 0 Å². The fraction of sp³-hybridized carbons (Fsp3) is 0.429. The number of hydrogen-bond donors (Lipinski definition) is 2. The molecule has 0 atom stereocenters. The quantitative estimate of drug-likeness (QED) is 0.804. The molecule has 0 aliphatic heterocycles. The fourth-order valence-corrected chi connectivity index (χ4v) is 2.33. The molecule has 0 unspecified atom stereocenters. The minimum atomic E-state index is 0.810. The Morgan fingerprint density at radius 3 is 3.00 bits per heavy atom. The van der Waals surface area contributed by atoms with Crippen molar-refractivity contribution in [1.82, 2.24) is 10.3 Å². The molecule has 0 amide bonds.